The van der Waals surface area contributed by atoms with Gasteiger partial charge >= 0.3 is 0 Å². The Morgan fingerprint density at radius 2 is 1.96 bits per heavy atom. The highest BCUT2D eigenvalue weighted by Crippen LogP contribution is 2.32. The molecular weight excluding hydrogens is 321 g/mol. The van der Waals surface area contributed by atoms with Gasteiger partial charge in [-0.2, -0.15) is 0 Å². The highest BCUT2D eigenvalue weighted by atomic mass is 19.1. The first kappa shape index (κ1) is 17.1. The summed E-state index contributed by atoms with van der Waals surface area (Å²) in [5, 5.41) is 6.54. The number of ether oxygens (including phenoxy) is 2. The molecule has 0 aliphatic carbocycles. The molecule has 5 nitrogen and oxygen atoms in total. The standard InChI is InChI=1S/C19H22FN3O2/c1-13-9-16(20)5-4-15(13)7-8-22-19(21-2)23-11-14-3-6-17-18(10-14)25-12-24-17/h3-6,9-10H,7-8,11-12H2,1-2H3,(H2,21,22,23). The summed E-state index contributed by atoms with van der Waals surface area (Å²) in [6.45, 7) is 3.54. The van der Waals surface area contributed by atoms with E-state index < -0.39 is 0 Å². The maximum absolute atomic E-state index is 13.1. The van der Waals surface area contributed by atoms with E-state index in [9.17, 15) is 4.39 Å². The monoisotopic (exact) mass is 343 g/mol. The lowest BCUT2D eigenvalue weighted by molar-refractivity contribution is 0.174. The summed E-state index contributed by atoms with van der Waals surface area (Å²) in [5.74, 6) is 2.07. The summed E-state index contributed by atoms with van der Waals surface area (Å²) in [6.07, 6.45) is 0.802. The number of halogens is 1. The van der Waals surface area contributed by atoms with Crippen molar-refractivity contribution in [2.75, 3.05) is 20.4 Å². The average Bonchev–Trinajstić information content (AvgIpc) is 3.07. The number of fused-ring (bicyclic) bond motifs is 1. The van der Waals surface area contributed by atoms with Crippen molar-refractivity contribution < 1.29 is 13.9 Å². The predicted octanol–water partition coefficient (Wildman–Crippen LogP) is 2.77. The van der Waals surface area contributed by atoms with Crippen LogP contribution in [0.1, 0.15) is 16.7 Å². The second-order valence-corrected chi connectivity index (χ2v) is 5.86. The Balaban J connectivity index is 1.48. The zero-order valence-electron chi connectivity index (χ0n) is 14.4. The molecular formula is C19H22FN3O2. The Kier molecular flexibility index (Phi) is 5.38. The van der Waals surface area contributed by atoms with Crippen LogP contribution in [0.15, 0.2) is 41.4 Å². The Morgan fingerprint density at radius 3 is 2.76 bits per heavy atom. The molecule has 1 aliphatic rings. The normalized spacial score (nSPS) is 13.0. The van der Waals surface area contributed by atoms with Gasteiger partial charge in [0.1, 0.15) is 5.82 Å². The minimum Gasteiger partial charge on any atom is -0.454 e. The van der Waals surface area contributed by atoms with E-state index in [0.717, 1.165) is 40.6 Å². The van der Waals surface area contributed by atoms with Crippen molar-refractivity contribution in [3.8, 4) is 11.5 Å². The predicted molar refractivity (Wildman–Crippen MR) is 95.6 cm³/mol. The molecule has 6 heteroatoms. The van der Waals surface area contributed by atoms with Gasteiger partial charge < -0.3 is 20.1 Å². The van der Waals surface area contributed by atoms with Crippen LogP contribution in [0.3, 0.4) is 0 Å². The van der Waals surface area contributed by atoms with Crippen LogP contribution in [0.2, 0.25) is 0 Å². The van der Waals surface area contributed by atoms with Crippen molar-refractivity contribution in [3.05, 3.63) is 58.9 Å². The van der Waals surface area contributed by atoms with E-state index in [2.05, 4.69) is 15.6 Å². The Labute approximate surface area is 146 Å². The lowest BCUT2D eigenvalue weighted by Gasteiger charge is -2.13. The smallest absolute Gasteiger partial charge is 0.231 e. The third-order valence-corrected chi connectivity index (χ3v) is 4.11. The van der Waals surface area contributed by atoms with Gasteiger partial charge in [0.15, 0.2) is 17.5 Å². The molecule has 3 rings (SSSR count). The van der Waals surface area contributed by atoms with E-state index in [0.29, 0.717) is 13.1 Å². The lowest BCUT2D eigenvalue weighted by Crippen LogP contribution is -2.37. The van der Waals surface area contributed by atoms with Gasteiger partial charge in [0.25, 0.3) is 0 Å². The summed E-state index contributed by atoms with van der Waals surface area (Å²) >= 11 is 0. The third-order valence-electron chi connectivity index (χ3n) is 4.11. The largest absolute Gasteiger partial charge is 0.454 e. The van der Waals surface area contributed by atoms with E-state index >= 15 is 0 Å². The van der Waals surface area contributed by atoms with Crippen molar-refractivity contribution in [1.82, 2.24) is 10.6 Å². The molecule has 25 heavy (non-hydrogen) atoms. The van der Waals surface area contributed by atoms with Gasteiger partial charge in [-0.25, -0.2) is 4.39 Å². The van der Waals surface area contributed by atoms with Gasteiger partial charge in [-0.15, -0.1) is 0 Å². The van der Waals surface area contributed by atoms with Crippen LogP contribution in [-0.4, -0.2) is 26.3 Å². The molecule has 0 spiro atoms. The Bertz CT molecular complexity index is 777. The van der Waals surface area contributed by atoms with Crippen LogP contribution in [0.4, 0.5) is 4.39 Å². The molecule has 0 fully saturated rings. The number of hydrogen-bond acceptors (Lipinski definition) is 3. The molecule has 2 aromatic rings. The quantitative estimate of drug-likeness (QED) is 0.647. The van der Waals surface area contributed by atoms with E-state index in [1.165, 1.54) is 6.07 Å². The molecule has 0 bridgehead atoms. The van der Waals surface area contributed by atoms with Gasteiger partial charge in [-0.1, -0.05) is 12.1 Å². The van der Waals surface area contributed by atoms with Crippen molar-refractivity contribution in [2.45, 2.75) is 19.9 Å². The van der Waals surface area contributed by atoms with Crippen LogP contribution in [0, 0.1) is 12.7 Å². The number of aliphatic imine (C=N–C) groups is 1. The van der Waals surface area contributed by atoms with Gasteiger partial charge in [0.05, 0.1) is 0 Å². The Hall–Kier alpha value is -2.76. The molecule has 132 valence electrons. The summed E-state index contributed by atoms with van der Waals surface area (Å²) < 4.78 is 23.8. The second kappa shape index (κ2) is 7.88. The molecule has 2 aromatic carbocycles. The first-order valence-corrected chi connectivity index (χ1v) is 8.24. The first-order chi connectivity index (χ1) is 12.2. The molecule has 0 unspecified atom stereocenters. The zero-order chi connectivity index (χ0) is 17.6. The fourth-order valence-corrected chi connectivity index (χ4v) is 2.71. The number of nitrogens with zero attached hydrogens (tertiary/aromatic N) is 1. The maximum Gasteiger partial charge on any atom is 0.231 e. The van der Waals surface area contributed by atoms with Crippen molar-refractivity contribution in [3.63, 3.8) is 0 Å². The van der Waals surface area contributed by atoms with Crippen LogP contribution < -0.4 is 20.1 Å². The molecule has 2 N–H and O–H groups in total. The molecule has 0 amide bonds. The number of rotatable bonds is 5. The van der Waals surface area contributed by atoms with Gasteiger partial charge in [-0.05, 0) is 54.3 Å². The molecule has 0 saturated heterocycles. The van der Waals surface area contributed by atoms with E-state index in [4.69, 9.17) is 9.47 Å². The third kappa shape index (κ3) is 4.41. The van der Waals surface area contributed by atoms with Gasteiger partial charge in [0.2, 0.25) is 6.79 Å². The van der Waals surface area contributed by atoms with E-state index in [1.54, 1.807) is 13.1 Å². The van der Waals surface area contributed by atoms with Crippen LogP contribution in [0.5, 0.6) is 11.5 Å². The molecule has 0 aromatic heterocycles. The van der Waals surface area contributed by atoms with Crippen molar-refractivity contribution in [2.24, 2.45) is 4.99 Å². The topological polar surface area (TPSA) is 54.9 Å². The van der Waals surface area contributed by atoms with Crippen LogP contribution >= 0.6 is 0 Å². The fraction of sp³-hybridized carbons (Fsp3) is 0.316. The maximum atomic E-state index is 13.1. The minimum atomic E-state index is -0.199. The summed E-state index contributed by atoms with van der Waals surface area (Å²) in [5.41, 5.74) is 3.17. The molecule has 1 aliphatic heterocycles. The van der Waals surface area contributed by atoms with E-state index in [1.807, 2.05) is 31.2 Å². The highest BCUT2D eigenvalue weighted by Gasteiger charge is 2.13. The van der Waals surface area contributed by atoms with Gasteiger partial charge in [0, 0.05) is 20.1 Å². The van der Waals surface area contributed by atoms with Crippen LogP contribution in [0.25, 0.3) is 0 Å². The zero-order valence-corrected chi connectivity index (χ0v) is 14.4. The van der Waals surface area contributed by atoms with E-state index in [-0.39, 0.29) is 12.6 Å². The van der Waals surface area contributed by atoms with Crippen LogP contribution in [-0.2, 0) is 13.0 Å². The van der Waals surface area contributed by atoms with Crippen molar-refractivity contribution >= 4 is 5.96 Å². The SMILES string of the molecule is CN=C(NCCc1ccc(F)cc1C)NCc1ccc2c(c1)OCO2. The second-order valence-electron chi connectivity index (χ2n) is 5.86. The number of benzene rings is 2. The highest BCUT2D eigenvalue weighted by molar-refractivity contribution is 5.79. The Morgan fingerprint density at radius 1 is 1.12 bits per heavy atom. The fourth-order valence-electron chi connectivity index (χ4n) is 2.71. The molecule has 0 radical (unpaired) electrons. The average molecular weight is 343 g/mol. The summed E-state index contributed by atoms with van der Waals surface area (Å²) in [4.78, 5) is 4.22. The molecule has 0 saturated carbocycles. The lowest BCUT2D eigenvalue weighted by atomic mass is 10.1. The number of hydrogen-bond donors (Lipinski definition) is 2. The summed E-state index contributed by atoms with van der Waals surface area (Å²) in [7, 11) is 1.73. The van der Waals surface area contributed by atoms with Crippen molar-refractivity contribution in [1.29, 1.82) is 0 Å². The minimum absolute atomic E-state index is 0.199. The number of guanidine groups is 1. The molecule has 1 heterocycles. The number of nitrogens with one attached hydrogen (secondary N) is 2. The van der Waals surface area contributed by atoms with Gasteiger partial charge in [-0.3, -0.25) is 4.99 Å². The number of aryl methyl sites for hydroxylation is 1. The molecule has 0 atom stereocenters. The first-order valence-electron chi connectivity index (χ1n) is 8.24. The summed E-state index contributed by atoms with van der Waals surface area (Å²) in [6, 6.07) is 10.7.